The third kappa shape index (κ3) is 4.52. The van der Waals surface area contributed by atoms with E-state index in [0.29, 0.717) is 6.54 Å². The number of hydrogen-bond acceptors (Lipinski definition) is 4. The Morgan fingerprint density at radius 1 is 1.38 bits per heavy atom. The van der Waals surface area contributed by atoms with E-state index in [4.69, 9.17) is 5.73 Å². The first-order chi connectivity index (χ1) is 9.69. The smallest absolute Gasteiger partial charge is 0.241 e. The highest BCUT2D eigenvalue weighted by Gasteiger charge is 2.24. The SMILES string of the molecule is CCN(C)C(=O)C(C)NS(=O)(=O)c1cccc(C(C)N)c1. The number of nitrogens with zero attached hydrogens (tertiary/aromatic N) is 1. The molecule has 1 aromatic rings. The van der Waals surface area contributed by atoms with Gasteiger partial charge in [0.1, 0.15) is 0 Å². The molecule has 0 aliphatic carbocycles. The van der Waals surface area contributed by atoms with Gasteiger partial charge in [-0.05, 0) is 38.5 Å². The summed E-state index contributed by atoms with van der Waals surface area (Å²) < 4.78 is 27.0. The van der Waals surface area contributed by atoms with Crippen LogP contribution >= 0.6 is 0 Å². The van der Waals surface area contributed by atoms with E-state index in [0.717, 1.165) is 5.56 Å². The zero-order valence-corrected chi connectivity index (χ0v) is 13.6. The van der Waals surface area contributed by atoms with Crippen molar-refractivity contribution in [1.82, 2.24) is 9.62 Å². The number of nitrogens with one attached hydrogen (secondary N) is 1. The summed E-state index contributed by atoms with van der Waals surface area (Å²) in [5.41, 5.74) is 6.48. The van der Waals surface area contributed by atoms with Crippen LogP contribution in [0.15, 0.2) is 29.2 Å². The van der Waals surface area contributed by atoms with Gasteiger partial charge in [0.15, 0.2) is 0 Å². The molecule has 0 saturated carbocycles. The highest BCUT2D eigenvalue weighted by atomic mass is 32.2. The molecule has 0 heterocycles. The molecule has 21 heavy (non-hydrogen) atoms. The van der Waals surface area contributed by atoms with Crippen LogP contribution in [0.2, 0.25) is 0 Å². The summed E-state index contributed by atoms with van der Waals surface area (Å²) in [7, 11) is -2.13. The zero-order valence-electron chi connectivity index (χ0n) is 12.8. The highest BCUT2D eigenvalue weighted by Crippen LogP contribution is 2.16. The number of carbonyl (C=O) groups excluding carboxylic acids is 1. The maximum absolute atomic E-state index is 12.3. The second-order valence-corrected chi connectivity index (χ2v) is 6.77. The Labute approximate surface area is 126 Å². The molecule has 0 aliphatic heterocycles. The highest BCUT2D eigenvalue weighted by molar-refractivity contribution is 7.89. The number of hydrogen-bond donors (Lipinski definition) is 2. The molecule has 1 amide bonds. The Kier molecular flexibility index (Phi) is 5.88. The molecule has 0 fully saturated rings. The van der Waals surface area contributed by atoms with E-state index in [2.05, 4.69) is 4.72 Å². The number of rotatable bonds is 6. The second kappa shape index (κ2) is 7.02. The van der Waals surface area contributed by atoms with Crippen molar-refractivity contribution in [2.24, 2.45) is 5.73 Å². The first-order valence-electron chi connectivity index (χ1n) is 6.82. The largest absolute Gasteiger partial charge is 0.345 e. The molecule has 0 aliphatic rings. The van der Waals surface area contributed by atoms with E-state index >= 15 is 0 Å². The molecule has 0 saturated heterocycles. The van der Waals surface area contributed by atoms with Gasteiger partial charge in [0.25, 0.3) is 0 Å². The Morgan fingerprint density at radius 3 is 2.52 bits per heavy atom. The van der Waals surface area contributed by atoms with E-state index in [-0.39, 0.29) is 16.8 Å². The molecule has 1 rings (SSSR count). The van der Waals surface area contributed by atoms with Gasteiger partial charge < -0.3 is 10.6 Å². The Bertz CT molecular complexity index is 599. The van der Waals surface area contributed by atoms with Gasteiger partial charge in [-0.25, -0.2) is 8.42 Å². The Balaban J connectivity index is 2.96. The second-order valence-electron chi connectivity index (χ2n) is 5.06. The van der Waals surface area contributed by atoms with E-state index < -0.39 is 16.1 Å². The molecular weight excluding hydrogens is 290 g/mol. The first-order valence-corrected chi connectivity index (χ1v) is 8.30. The number of amides is 1. The number of benzene rings is 1. The van der Waals surface area contributed by atoms with Crippen molar-refractivity contribution in [3.8, 4) is 0 Å². The third-order valence-electron chi connectivity index (χ3n) is 3.25. The minimum atomic E-state index is -3.76. The van der Waals surface area contributed by atoms with Gasteiger partial charge in [0.05, 0.1) is 10.9 Å². The lowest BCUT2D eigenvalue weighted by Gasteiger charge is -2.20. The van der Waals surface area contributed by atoms with Crippen LogP contribution < -0.4 is 10.5 Å². The fraction of sp³-hybridized carbons (Fsp3) is 0.500. The average molecular weight is 313 g/mol. The molecular formula is C14H23N3O3S. The van der Waals surface area contributed by atoms with Crippen LogP contribution in [0.25, 0.3) is 0 Å². The van der Waals surface area contributed by atoms with Crippen molar-refractivity contribution < 1.29 is 13.2 Å². The number of nitrogens with two attached hydrogens (primary N) is 1. The lowest BCUT2D eigenvalue weighted by molar-refractivity contribution is -0.131. The maximum atomic E-state index is 12.3. The Morgan fingerprint density at radius 2 is 2.00 bits per heavy atom. The molecule has 7 heteroatoms. The van der Waals surface area contributed by atoms with E-state index in [1.54, 1.807) is 26.1 Å². The maximum Gasteiger partial charge on any atom is 0.241 e. The minimum absolute atomic E-state index is 0.108. The summed E-state index contributed by atoms with van der Waals surface area (Å²) in [5, 5.41) is 0. The van der Waals surface area contributed by atoms with Gasteiger partial charge in [-0.1, -0.05) is 12.1 Å². The predicted octanol–water partition coefficient (Wildman–Crippen LogP) is 0.851. The van der Waals surface area contributed by atoms with Crippen LogP contribution in [0.1, 0.15) is 32.4 Å². The summed E-state index contributed by atoms with van der Waals surface area (Å²) in [6.45, 7) is 5.65. The average Bonchev–Trinajstić information content (AvgIpc) is 2.45. The van der Waals surface area contributed by atoms with E-state index in [1.165, 1.54) is 24.0 Å². The number of carbonyl (C=O) groups is 1. The summed E-state index contributed by atoms with van der Waals surface area (Å²) in [6, 6.07) is 5.33. The van der Waals surface area contributed by atoms with Crippen LogP contribution in [0.5, 0.6) is 0 Å². The molecule has 6 nitrogen and oxygen atoms in total. The zero-order chi connectivity index (χ0) is 16.2. The summed E-state index contributed by atoms with van der Waals surface area (Å²) in [6.07, 6.45) is 0. The lowest BCUT2D eigenvalue weighted by Crippen LogP contribution is -2.45. The van der Waals surface area contributed by atoms with Gasteiger partial charge in [-0.2, -0.15) is 4.72 Å². The summed E-state index contributed by atoms with van der Waals surface area (Å²) in [5.74, 6) is -0.274. The number of sulfonamides is 1. The minimum Gasteiger partial charge on any atom is -0.345 e. The van der Waals surface area contributed by atoms with Crippen LogP contribution in [-0.2, 0) is 14.8 Å². The molecule has 0 bridgehead atoms. The molecule has 118 valence electrons. The third-order valence-corrected chi connectivity index (χ3v) is 4.79. The summed E-state index contributed by atoms with van der Waals surface area (Å²) >= 11 is 0. The topological polar surface area (TPSA) is 92.5 Å². The number of likely N-dealkylation sites (N-methyl/N-ethyl adjacent to an activating group) is 1. The molecule has 2 unspecified atom stereocenters. The van der Waals surface area contributed by atoms with Gasteiger partial charge in [-0.15, -0.1) is 0 Å². The molecule has 1 aromatic carbocycles. The van der Waals surface area contributed by atoms with E-state index in [1.807, 2.05) is 6.92 Å². The standard InChI is InChI=1S/C14H23N3O3S/c1-5-17(4)14(18)11(3)16-21(19,20)13-8-6-7-12(9-13)10(2)15/h6-11,16H,5,15H2,1-4H3. The Hall–Kier alpha value is -1.44. The van der Waals surface area contributed by atoms with Crippen LogP contribution in [-0.4, -0.2) is 38.9 Å². The van der Waals surface area contributed by atoms with Gasteiger partial charge >= 0.3 is 0 Å². The lowest BCUT2D eigenvalue weighted by atomic mass is 10.1. The van der Waals surface area contributed by atoms with Crippen LogP contribution in [0.3, 0.4) is 0 Å². The molecule has 2 atom stereocenters. The van der Waals surface area contributed by atoms with Crippen molar-refractivity contribution in [2.45, 2.75) is 37.8 Å². The normalized spacial score (nSPS) is 14.5. The van der Waals surface area contributed by atoms with Crippen LogP contribution in [0, 0.1) is 0 Å². The van der Waals surface area contributed by atoms with Gasteiger partial charge in [0.2, 0.25) is 15.9 Å². The monoisotopic (exact) mass is 313 g/mol. The molecule has 0 aromatic heterocycles. The van der Waals surface area contributed by atoms with Crippen molar-refractivity contribution in [3.63, 3.8) is 0 Å². The molecule has 3 N–H and O–H groups in total. The fourth-order valence-corrected chi connectivity index (χ4v) is 3.05. The van der Waals surface area contributed by atoms with Crippen LogP contribution in [0.4, 0.5) is 0 Å². The van der Waals surface area contributed by atoms with E-state index in [9.17, 15) is 13.2 Å². The van der Waals surface area contributed by atoms with Crippen molar-refractivity contribution in [1.29, 1.82) is 0 Å². The fourth-order valence-electron chi connectivity index (χ4n) is 1.80. The first kappa shape index (κ1) is 17.6. The van der Waals surface area contributed by atoms with Crippen molar-refractivity contribution in [2.75, 3.05) is 13.6 Å². The molecule has 0 spiro atoms. The predicted molar refractivity (Wildman–Crippen MR) is 82.1 cm³/mol. The molecule has 0 radical (unpaired) electrons. The summed E-state index contributed by atoms with van der Waals surface area (Å²) in [4.78, 5) is 13.5. The van der Waals surface area contributed by atoms with Crippen molar-refractivity contribution >= 4 is 15.9 Å². The van der Waals surface area contributed by atoms with Crippen molar-refractivity contribution in [3.05, 3.63) is 29.8 Å². The van der Waals surface area contributed by atoms with Gasteiger partial charge in [0, 0.05) is 19.6 Å². The quantitative estimate of drug-likeness (QED) is 0.814. The van der Waals surface area contributed by atoms with Gasteiger partial charge in [-0.3, -0.25) is 4.79 Å².